The SMILES string of the molecule is O=C(O)C1CCN(C(=O)c2cnn(-c3ccc(Cl)cc3)c2)C1. The summed E-state index contributed by atoms with van der Waals surface area (Å²) in [7, 11) is 0. The lowest BCUT2D eigenvalue weighted by Crippen LogP contribution is -2.29. The Morgan fingerprint density at radius 1 is 1.27 bits per heavy atom. The van der Waals surface area contributed by atoms with Crippen molar-refractivity contribution in [2.75, 3.05) is 13.1 Å². The second-order valence-corrected chi connectivity index (χ2v) is 5.66. The highest BCUT2D eigenvalue weighted by atomic mass is 35.5. The lowest BCUT2D eigenvalue weighted by molar-refractivity contribution is -0.141. The highest BCUT2D eigenvalue weighted by molar-refractivity contribution is 6.30. The Kier molecular flexibility index (Phi) is 3.85. The fourth-order valence-electron chi connectivity index (χ4n) is 2.50. The minimum absolute atomic E-state index is 0.191. The molecule has 0 spiro atoms. The summed E-state index contributed by atoms with van der Waals surface area (Å²) >= 11 is 5.84. The van der Waals surface area contributed by atoms with E-state index in [1.54, 1.807) is 40.0 Å². The van der Waals surface area contributed by atoms with Gasteiger partial charge in [0.15, 0.2) is 0 Å². The highest BCUT2D eigenvalue weighted by Gasteiger charge is 2.31. The standard InChI is InChI=1S/C15H14ClN3O3/c16-12-1-3-13(4-2-12)19-9-11(7-17-19)14(20)18-6-5-10(8-18)15(21)22/h1-4,7,9-10H,5-6,8H2,(H,21,22). The topological polar surface area (TPSA) is 75.4 Å². The number of carbonyl (C=O) groups is 2. The molecule has 1 aromatic carbocycles. The number of aliphatic carboxylic acids is 1. The van der Waals surface area contributed by atoms with Gasteiger partial charge in [0.25, 0.3) is 5.91 Å². The van der Waals surface area contributed by atoms with Gasteiger partial charge < -0.3 is 10.0 Å². The van der Waals surface area contributed by atoms with Crippen LogP contribution in [0.3, 0.4) is 0 Å². The van der Waals surface area contributed by atoms with Crippen molar-refractivity contribution in [1.82, 2.24) is 14.7 Å². The van der Waals surface area contributed by atoms with E-state index in [0.29, 0.717) is 23.6 Å². The molecule has 114 valence electrons. The summed E-state index contributed by atoms with van der Waals surface area (Å²) in [4.78, 5) is 24.9. The van der Waals surface area contributed by atoms with Crippen LogP contribution in [0.1, 0.15) is 16.8 Å². The van der Waals surface area contributed by atoms with Gasteiger partial charge in [-0.3, -0.25) is 9.59 Å². The van der Waals surface area contributed by atoms with Crippen LogP contribution >= 0.6 is 11.6 Å². The third-order valence-electron chi connectivity index (χ3n) is 3.75. The number of rotatable bonds is 3. The minimum atomic E-state index is -0.854. The largest absolute Gasteiger partial charge is 0.481 e. The van der Waals surface area contributed by atoms with Gasteiger partial charge in [0.05, 0.1) is 23.4 Å². The first-order valence-electron chi connectivity index (χ1n) is 6.87. The average Bonchev–Trinajstić information content (AvgIpc) is 3.17. The molecule has 0 aliphatic carbocycles. The fourth-order valence-corrected chi connectivity index (χ4v) is 2.62. The number of benzene rings is 1. The summed E-state index contributed by atoms with van der Waals surface area (Å²) in [5.41, 5.74) is 1.24. The molecule has 1 atom stereocenters. The second kappa shape index (κ2) is 5.81. The maximum Gasteiger partial charge on any atom is 0.308 e. The Labute approximate surface area is 131 Å². The van der Waals surface area contributed by atoms with E-state index in [1.165, 1.54) is 6.20 Å². The van der Waals surface area contributed by atoms with Crippen molar-refractivity contribution in [3.63, 3.8) is 0 Å². The number of nitrogens with zero attached hydrogens (tertiary/aromatic N) is 3. The van der Waals surface area contributed by atoms with E-state index >= 15 is 0 Å². The van der Waals surface area contributed by atoms with Gasteiger partial charge in [0.1, 0.15) is 0 Å². The number of hydrogen-bond donors (Lipinski definition) is 1. The number of carbonyl (C=O) groups excluding carboxylic acids is 1. The molecule has 22 heavy (non-hydrogen) atoms. The maximum atomic E-state index is 12.4. The first kappa shape index (κ1) is 14.6. The van der Waals surface area contributed by atoms with Gasteiger partial charge in [-0.1, -0.05) is 11.6 Å². The molecule has 0 saturated carbocycles. The second-order valence-electron chi connectivity index (χ2n) is 5.23. The summed E-state index contributed by atoms with van der Waals surface area (Å²) in [6, 6.07) is 7.11. The summed E-state index contributed by atoms with van der Waals surface area (Å²) in [6.45, 7) is 0.711. The first-order chi connectivity index (χ1) is 10.5. The lowest BCUT2D eigenvalue weighted by Gasteiger charge is -2.14. The minimum Gasteiger partial charge on any atom is -0.481 e. The van der Waals surface area contributed by atoms with Crippen molar-refractivity contribution in [3.8, 4) is 5.69 Å². The van der Waals surface area contributed by atoms with E-state index in [9.17, 15) is 9.59 Å². The Morgan fingerprint density at radius 2 is 2.00 bits per heavy atom. The van der Waals surface area contributed by atoms with E-state index in [-0.39, 0.29) is 12.5 Å². The number of likely N-dealkylation sites (tertiary alicyclic amines) is 1. The van der Waals surface area contributed by atoms with Crippen molar-refractivity contribution >= 4 is 23.5 Å². The van der Waals surface area contributed by atoms with Crippen molar-refractivity contribution in [2.45, 2.75) is 6.42 Å². The molecule has 2 aromatic rings. The van der Waals surface area contributed by atoms with Crippen LogP contribution in [0.5, 0.6) is 0 Å². The molecule has 1 saturated heterocycles. The Morgan fingerprint density at radius 3 is 2.64 bits per heavy atom. The molecule has 6 nitrogen and oxygen atoms in total. The third kappa shape index (κ3) is 2.82. The molecular formula is C15H14ClN3O3. The Bertz CT molecular complexity index is 711. The summed E-state index contributed by atoms with van der Waals surface area (Å²) < 4.78 is 1.59. The molecule has 0 bridgehead atoms. The van der Waals surface area contributed by atoms with Gasteiger partial charge >= 0.3 is 5.97 Å². The zero-order chi connectivity index (χ0) is 15.7. The molecule has 0 radical (unpaired) electrons. The first-order valence-corrected chi connectivity index (χ1v) is 7.25. The molecule has 1 amide bonds. The molecule has 2 heterocycles. The Balaban J connectivity index is 1.75. The smallest absolute Gasteiger partial charge is 0.308 e. The monoisotopic (exact) mass is 319 g/mol. The van der Waals surface area contributed by atoms with E-state index in [1.807, 2.05) is 0 Å². The summed E-state index contributed by atoms with van der Waals surface area (Å²) in [5, 5.41) is 13.8. The number of aromatic nitrogens is 2. The molecule has 1 aliphatic heterocycles. The van der Waals surface area contributed by atoms with Crippen molar-refractivity contribution in [1.29, 1.82) is 0 Å². The van der Waals surface area contributed by atoms with Crippen molar-refractivity contribution < 1.29 is 14.7 Å². The number of carboxylic acids is 1. The molecule has 7 heteroatoms. The fraction of sp³-hybridized carbons (Fsp3) is 0.267. The van der Waals surface area contributed by atoms with E-state index in [0.717, 1.165) is 5.69 Å². The zero-order valence-electron chi connectivity index (χ0n) is 11.6. The van der Waals surface area contributed by atoms with Crippen molar-refractivity contribution in [2.24, 2.45) is 5.92 Å². The Hall–Kier alpha value is -2.34. The molecular weight excluding hydrogens is 306 g/mol. The van der Waals surface area contributed by atoms with E-state index in [4.69, 9.17) is 16.7 Å². The number of amides is 1. The quantitative estimate of drug-likeness (QED) is 0.939. The summed E-state index contributed by atoms with van der Waals surface area (Å²) in [5.74, 6) is -1.52. The number of carboxylic acid groups (broad SMARTS) is 1. The zero-order valence-corrected chi connectivity index (χ0v) is 12.4. The molecule has 1 aliphatic rings. The average molecular weight is 320 g/mol. The normalized spacial score (nSPS) is 17.7. The molecule has 1 fully saturated rings. The van der Waals surface area contributed by atoms with Crippen LogP contribution < -0.4 is 0 Å². The lowest BCUT2D eigenvalue weighted by atomic mass is 10.1. The van der Waals surface area contributed by atoms with Crippen LogP contribution in [-0.2, 0) is 4.79 Å². The number of halogens is 1. The maximum absolute atomic E-state index is 12.4. The third-order valence-corrected chi connectivity index (χ3v) is 4.00. The van der Waals surface area contributed by atoms with Crippen LogP contribution in [0, 0.1) is 5.92 Å². The van der Waals surface area contributed by atoms with Crippen LogP contribution in [0.2, 0.25) is 5.02 Å². The van der Waals surface area contributed by atoms with Crippen molar-refractivity contribution in [3.05, 3.63) is 47.2 Å². The van der Waals surface area contributed by atoms with Crippen LogP contribution in [0.4, 0.5) is 0 Å². The predicted octanol–water partition coefficient (Wildman–Crippen LogP) is 2.07. The molecule has 1 N–H and O–H groups in total. The van der Waals surface area contributed by atoms with Crippen LogP contribution in [0.25, 0.3) is 5.69 Å². The van der Waals surface area contributed by atoms with Gasteiger partial charge in [-0.25, -0.2) is 4.68 Å². The van der Waals surface area contributed by atoms with E-state index in [2.05, 4.69) is 5.10 Å². The predicted molar refractivity (Wildman–Crippen MR) is 80.2 cm³/mol. The van der Waals surface area contributed by atoms with Gasteiger partial charge in [-0.15, -0.1) is 0 Å². The van der Waals surface area contributed by atoms with Gasteiger partial charge in [0, 0.05) is 24.3 Å². The van der Waals surface area contributed by atoms with Gasteiger partial charge in [-0.2, -0.15) is 5.10 Å². The summed E-state index contributed by atoms with van der Waals surface area (Å²) in [6.07, 6.45) is 3.62. The molecule has 1 unspecified atom stereocenters. The van der Waals surface area contributed by atoms with Gasteiger partial charge in [0.2, 0.25) is 0 Å². The van der Waals surface area contributed by atoms with Gasteiger partial charge in [-0.05, 0) is 30.7 Å². The molecule has 3 rings (SSSR count). The van der Waals surface area contributed by atoms with Crippen LogP contribution in [0.15, 0.2) is 36.7 Å². The number of hydrogen-bond acceptors (Lipinski definition) is 3. The van der Waals surface area contributed by atoms with E-state index < -0.39 is 11.9 Å². The van der Waals surface area contributed by atoms with Crippen LogP contribution in [-0.4, -0.2) is 44.8 Å². The highest BCUT2D eigenvalue weighted by Crippen LogP contribution is 2.19. The molecule has 1 aromatic heterocycles.